The topological polar surface area (TPSA) is 212 Å². The zero-order chi connectivity index (χ0) is 43.6. The number of ether oxygens (including phenoxy) is 2. The van der Waals surface area contributed by atoms with Gasteiger partial charge in [0.05, 0.1) is 25.4 Å². The van der Waals surface area contributed by atoms with Crippen LogP contribution in [-0.4, -0.2) is 107 Å². The van der Waals surface area contributed by atoms with Gasteiger partial charge >= 0.3 is 10.4 Å². The molecule has 350 valence electrons. The molecule has 8 unspecified atom stereocenters. The molecule has 13 nitrogen and oxygen atoms in total. The van der Waals surface area contributed by atoms with E-state index in [-0.39, 0.29) is 6.42 Å². The van der Waals surface area contributed by atoms with E-state index in [0.29, 0.717) is 19.3 Å². The number of carbonyl (C=O) groups is 1. The third-order valence-electron chi connectivity index (χ3n) is 11.4. The summed E-state index contributed by atoms with van der Waals surface area (Å²) in [6.45, 7) is 3.27. The molecule has 1 amide bonds. The average molecular weight is 866 g/mol. The highest BCUT2D eigenvalue weighted by atomic mass is 32.3. The van der Waals surface area contributed by atoms with E-state index in [2.05, 4.69) is 35.5 Å². The Morgan fingerprint density at radius 3 is 1.53 bits per heavy atom. The van der Waals surface area contributed by atoms with Crippen LogP contribution >= 0.6 is 0 Å². The minimum Gasteiger partial charge on any atom is -0.394 e. The Kier molecular flexibility index (Phi) is 34.3. The molecule has 1 rings (SSSR count). The Balaban J connectivity index is 2.55. The molecule has 1 aliphatic rings. The van der Waals surface area contributed by atoms with Gasteiger partial charge in [-0.05, 0) is 38.5 Å². The fraction of sp³-hybridized carbons (Fsp3) is 0.933. The quantitative estimate of drug-likeness (QED) is 0.0177. The second-order valence-corrected chi connectivity index (χ2v) is 17.9. The SMILES string of the molecule is CCCCCCCCCCC/C=C\CCCCCCC(O)C(=O)NC(COC1OC(CO)C(O)C(OS(=O)(=O)O)C1O)C(O)CCCCCCCCCCCCCCC. The van der Waals surface area contributed by atoms with Crippen molar-refractivity contribution in [3.8, 4) is 0 Å². The number of hydrogen-bond donors (Lipinski definition) is 7. The van der Waals surface area contributed by atoms with Crippen LogP contribution < -0.4 is 5.32 Å². The van der Waals surface area contributed by atoms with Crippen molar-refractivity contribution in [2.45, 2.75) is 255 Å². The summed E-state index contributed by atoms with van der Waals surface area (Å²) in [6.07, 6.45) is 26.8. The van der Waals surface area contributed by atoms with E-state index in [4.69, 9.17) is 9.47 Å². The molecule has 0 radical (unpaired) electrons. The largest absolute Gasteiger partial charge is 0.397 e. The molecule has 1 fully saturated rings. The van der Waals surface area contributed by atoms with Crippen molar-refractivity contribution in [2.24, 2.45) is 0 Å². The Morgan fingerprint density at radius 1 is 0.661 bits per heavy atom. The summed E-state index contributed by atoms with van der Waals surface area (Å²) >= 11 is 0. The molecule has 0 aromatic carbocycles. The Hall–Kier alpha value is -1.20. The second kappa shape index (κ2) is 36.3. The van der Waals surface area contributed by atoms with Gasteiger partial charge in [-0.3, -0.25) is 9.35 Å². The molecule has 1 heterocycles. The lowest BCUT2D eigenvalue weighted by molar-refractivity contribution is -0.298. The molecule has 59 heavy (non-hydrogen) atoms. The fourth-order valence-electron chi connectivity index (χ4n) is 7.64. The van der Waals surface area contributed by atoms with E-state index in [0.717, 1.165) is 51.4 Å². The van der Waals surface area contributed by atoms with Crippen LogP contribution in [0, 0.1) is 0 Å². The number of nitrogens with one attached hydrogen (secondary N) is 1. The maximum absolute atomic E-state index is 13.1. The number of carbonyl (C=O) groups excluding carboxylic acids is 1. The molecule has 0 aromatic heterocycles. The Bertz CT molecular complexity index is 1130. The molecule has 8 atom stereocenters. The van der Waals surface area contributed by atoms with E-state index >= 15 is 0 Å². The second-order valence-electron chi connectivity index (χ2n) is 16.8. The lowest BCUT2D eigenvalue weighted by atomic mass is 9.99. The highest BCUT2D eigenvalue weighted by Crippen LogP contribution is 2.26. The van der Waals surface area contributed by atoms with Crippen LogP contribution in [0.3, 0.4) is 0 Å². The molecule has 0 saturated carbocycles. The lowest BCUT2D eigenvalue weighted by Crippen LogP contribution is -2.61. The van der Waals surface area contributed by atoms with Gasteiger partial charge in [-0.25, -0.2) is 4.18 Å². The molecule has 14 heteroatoms. The standard InChI is InChI=1S/C45H87NO12S/c1-3-5-7-9-11-13-15-17-18-19-20-22-24-26-28-30-32-34-39(49)44(52)46-37(38(48)33-31-29-27-25-23-21-16-14-12-10-8-6-4-2)36-56-45-42(51)43(58-59(53,54)55)41(50)40(35-47)57-45/h20,22,37-43,45,47-51H,3-19,21,23-36H2,1-2H3,(H,46,52)(H,53,54,55)/b22-20-. The molecule has 0 aliphatic carbocycles. The highest BCUT2D eigenvalue weighted by Gasteiger charge is 2.48. The summed E-state index contributed by atoms with van der Waals surface area (Å²) in [5, 5.41) is 55.3. The van der Waals surface area contributed by atoms with Crippen LogP contribution in [0.4, 0.5) is 0 Å². The van der Waals surface area contributed by atoms with Crippen molar-refractivity contribution in [3.63, 3.8) is 0 Å². The zero-order valence-corrected chi connectivity index (χ0v) is 37.8. The number of rotatable bonds is 40. The summed E-state index contributed by atoms with van der Waals surface area (Å²) in [5.41, 5.74) is 0. The minimum atomic E-state index is -5.11. The van der Waals surface area contributed by atoms with Gasteiger partial charge in [0.1, 0.15) is 30.5 Å². The van der Waals surface area contributed by atoms with E-state index in [1.165, 1.54) is 116 Å². The fourth-order valence-corrected chi connectivity index (χ4v) is 8.15. The number of amides is 1. The monoisotopic (exact) mass is 866 g/mol. The Morgan fingerprint density at radius 2 is 1.08 bits per heavy atom. The first-order valence-electron chi connectivity index (χ1n) is 23.7. The van der Waals surface area contributed by atoms with E-state index < -0.39 is 78.5 Å². The van der Waals surface area contributed by atoms with Gasteiger partial charge in [0.2, 0.25) is 5.91 Å². The van der Waals surface area contributed by atoms with Crippen LogP contribution in [0.25, 0.3) is 0 Å². The van der Waals surface area contributed by atoms with Crippen molar-refractivity contribution < 1.29 is 57.0 Å². The molecule has 0 bridgehead atoms. The number of aliphatic hydroxyl groups excluding tert-OH is 5. The first-order chi connectivity index (χ1) is 28.4. The van der Waals surface area contributed by atoms with Crippen molar-refractivity contribution in [1.82, 2.24) is 5.32 Å². The zero-order valence-electron chi connectivity index (χ0n) is 36.9. The summed E-state index contributed by atoms with van der Waals surface area (Å²) < 4.78 is 47.5. The van der Waals surface area contributed by atoms with E-state index in [1.54, 1.807) is 0 Å². The van der Waals surface area contributed by atoms with Gasteiger partial charge in [0.25, 0.3) is 0 Å². The summed E-state index contributed by atoms with van der Waals surface area (Å²) in [4.78, 5) is 13.1. The maximum atomic E-state index is 13.1. The van der Waals surface area contributed by atoms with Gasteiger partial charge < -0.3 is 40.3 Å². The molecule has 0 aromatic rings. The van der Waals surface area contributed by atoms with Crippen LogP contribution in [-0.2, 0) is 28.9 Å². The molecular weight excluding hydrogens is 779 g/mol. The predicted octanol–water partition coefficient (Wildman–Crippen LogP) is 8.14. The van der Waals surface area contributed by atoms with Crippen molar-refractivity contribution >= 4 is 16.3 Å². The van der Waals surface area contributed by atoms with Gasteiger partial charge in [-0.1, -0.05) is 180 Å². The van der Waals surface area contributed by atoms with Crippen LogP contribution in [0.1, 0.15) is 206 Å². The van der Waals surface area contributed by atoms with Crippen LogP contribution in [0.5, 0.6) is 0 Å². The van der Waals surface area contributed by atoms with Gasteiger partial charge in [0.15, 0.2) is 6.29 Å². The Labute approximate surface area is 358 Å². The van der Waals surface area contributed by atoms with Crippen molar-refractivity contribution in [1.29, 1.82) is 0 Å². The van der Waals surface area contributed by atoms with Crippen molar-refractivity contribution in [2.75, 3.05) is 13.2 Å². The summed E-state index contributed by atoms with van der Waals surface area (Å²) in [6, 6.07) is -1.03. The van der Waals surface area contributed by atoms with Crippen molar-refractivity contribution in [3.05, 3.63) is 12.2 Å². The number of hydrogen-bond acceptors (Lipinski definition) is 11. The third-order valence-corrected chi connectivity index (χ3v) is 11.9. The molecular formula is C45H87NO12S. The predicted molar refractivity (Wildman–Crippen MR) is 233 cm³/mol. The average Bonchev–Trinajstić information content (AvgIpc) is 3.20. The maximum Gasteiger partial charge on any atom is 0.397 e. The number of aliphatic hydroxyl groups is 5. The molecule has 0 spiro atoms. The molecule has 1 aliphatic heterocycles. The summed E-state index contributed by atoms with van der Waals surface area (Å²) in [7, 11) is -5.11. The summed E-state index contributed by atoms with van der Waals surface area (Å²) in [5.74, 6) is -0.677. The first kappa shape index (κ1) is 55.8. The smallest absolute Gasteiger partial charge is 0.394 e. The number of unbranched alkanes of at least 4 members (excludes halogenated alkanes) is 25. The third kappa shape index (κ3) is 28.9. The normalized spacial score (nSPS) is 21.5. The molecule has 1 saturated heterocycles. The van der Waals surface area contributed by atoms with Gasteiger partial charge in [-0.15, -0.1) is 0 Å². The first-order valence-corrected chi connectivity index (χ1v) is 25.0. The lowest BCUT2D eigenvalue weighted by Gasteiger charge is -2.41. The molecule has 7 N–H and O–H groups in total. The van der Waals surface area contributed by atoms with E-state index in [9.17, 15) is 43.3 Å². The van der Waals surface area contributed by atoms with Crippen LogP contribution in [0.2, 0.25) is 0 Å². The van der Waals surface area contributed by atoms with Gasteiger partial charge in [0, 0.05) is 0 Å². The number of allylic oxidation sites excluding steroid dienone is 2. The minimum absolute atomic E-state index is 0.248. The van der Waals surface area contributed by atoms with E-state index in [1.807, 2.05) is 0 Å². The van der Waals surface area contributed by atoms with Crippen LogP contribution in [0.15, 0.2) is 12.2 Å². The van der Waals surface area contributed by atoms with Gasteiger partial charge in [-0.2, -0.15) is 8.42 Å². The highest BCUT2D eigenvalue weighted by molar-refractivity contribution is 7.80.